The summed E-state index contributed by atoms with van der Waals surface area (Å²) in [5.74, 6) is 0.858. The highest BCUT2D eigenvalue weighted by Crippen LogP contribution is 2.32. The molecule has 36 heavy (non-hydrogen) atoms. The molecule has 0 spiro atoms. The number of ether oxygens (including phenoxy) is 1. The number of alkyl carbamates (subject to hydrolysis) is 1. The number of hydrogen-bond acceptors (Lipinski definition) is 7. The van der Waals surface area contributed by atoms with Crippen molar-refractivity contribution >= 4 is 55.9 Å². The van der Waals surface area contributed by atoms with Gasteiger partial charge in [0.05, 0.1) is 28.7 Å². The van der Waals surface area contributed by atoms with Crippen LogP contribution in [0.25, 0.3) is 10.9 Å². The van der Waals surface area contributed by atoms with E-state index in [9.17, 15) is 9.59 Å². The first kappa shape index (κ1) is 25.9. The number of nitrogens with zero attached hydrogens (tertiary/aromatic N) is 3. The Morgan fingerprint density at radius 1 is 1.17 bits per heavy atom. The Morgan fingerprint density at radius 2 is 1.97 bits per heavy atom. The molecular weight excluding hydrogens is 522 g/mol. The second-order valence-electron chi connectivity index (χ2n) is 9.95. The number of aromatic nitrogens is 2. The number of fused-ring (bicyclic) bond motifs is 1. The van der Waals surface area contributed by atoms with Crippen LogP contribution in [0.3, 0.4) is 0 Å². The molecule has 0 aliphatic carbocycles. The molecule has 1 aliphatic heterocycles. The summed E-state index contributed by atoms with van der Waals surface area (Å²) in [5, 5.41) is 7.25. The second-order valence-corrected chi connectivity index (χ2v) is 10.9. The van der Waals surface area contributed by atoms with Crippen molar-refractivity contribution in [1.29, 1.82) is 0 Å². The number of hydrogen-bond donors (Lipinski definition) is 2. The van der Waals surface area contributed by atoms with Crippen LogP contribution in [-0.4, -0.2) is 46.6 Å². The molecule has 8 nitrogen and oxygen atoms in total. The molecule has 1 fully saturated rings. The first-order valence-corrected chi connectivity index (χ1v) is 13.0. The van der Waals surface area contributed by atoms with Gasteiger partial charge in [-0.3, -0.25) is 9.78 Å². The minimum Gasteiger partial charge on any atom is -0.444 e. The van der Waals surface area contributed by atoms with Crippen LogP contribution in [0.2, 0.25) is 0 Å². The molecule has 0 saturated carbocycles. The van der Waals surface area contributed by atoms with E-state index < -0.39 is 11.7 Å². The number of piperidine rings is 1. The molecule has 1 atom stereocenters. The molecular formula is C27H32BrN5O3. The predicted molar refractivity (Wildman–Crippen MR) is 146 cm³/mol. The lowest BCUT2D eigenvalue weighted by Crippen LogP contribution is -2.49. The smallest absolute Gasteiger partial charge is 0.407 e. The van der Waals surface area contributed by atoms with Crippen molar-refractivity contribution in [2.24, 2.45) is 0 Å². The van der Waals surface area contributed by atoms with Gasteiger partial charge in [-0.05, 0) is 63.9 Å². The van der Waals surface area contributed by atoms with Gasteiger partial charge in [0.25, 0.3) is 0 Å². The number of nitrogens with one attached hydrogen (secondary N) is 2. The van der Waals surface area contributed by atoms with E-state index in [2.05, 4.69) is 41.4 Å². The lowest BCUT2D eigenvalue weighted by Gasteiger charge is -2.34. The lowest BCUT2D eigenvalue weighted by molar-refractivity contribution is 0.0499. The summed E-state index contributed by atoms with van der Waals surface area (Å²) >= 11 is 3.53. The Kier molecular flexibility index (Phi) is 7.78. The first-order chi connectivity index (χ1) is 17.1. The van der Waals surface area contributed by atoms with E-state index in [0.717, 1.165) is 52.0 Å². The van der Waals surface area contributed by atoms with Crippen LogP contribution in [0.15, 0.2) is 47.2 Å². The summed E-state index contributed by atoms with van der Waals surface area (Å²) in [4.78, 5) is 36.2. The average molecular weight is 554 g/mol. The molecule has 1 unspecified atom stereocenters. The Labute approximate surface area is 220 Å². The number of rotatable bonds is 6. The molecule has 1 aliphatic rings. The predicted octanol–water partition coefficient (Wildman–Crippen LogP) is 6.22. The third-order valence-corrected chi connectivity index (χ3v) is 6.43. The maximum absolute atomic E-state index is 12.6. The third-order valence-electron chi connectivity index (χ3n) is 5.93. The molecule has 0 bridgehead atoms. The van der Waals surface area contributed by atoms with E-state index in [0.29, 0.717) is 18.5 Å². The van der Waals surface area contributed by atoms with Gasteiger partial charge in [-0.2, -0.15) is 0 Å². The van der Waals surface area contributed by atoms with E-state index in [-0.39, 0.29) is 11.8 Å². The number of ketones is 1. The number of carbonyl (C=O) groups excluding carboxylic acids is 2. The summed E-state index contributed by atoms with van der Waals surface area (Å²) in [6.07, 6.45) is 5.25. The Balaban J connectivity index is 1.51. The first-order valence-electron chi connectivity index (χ1n) is 12.2. The van der Waals surface area contributed by atoms with E-state index in [4.69, 9.17) is 4.74 Å². The molecule has 1 saturated heterocycles. The fourth-order valence-corrected chi connectivity index (χ4v) is 4.63. The van der Waals surface area contributed by atoms with Gasteiger partial charge in [0.1, 0.15) is 11.4 Å². The highest BCUT2D eigenvalue weighted by molar-refractivity contribution is 9.10. The second kappa shape index (κ2) is 10.8. The van der Waals surface area contributed by atoms with Crippen molar-refractivity contribution in [2.45, 2.75) is 58.6 Å². The van der Waals surface area contributed by atoms with E-state index in [1.807, 2.05) is 58.0 Å². The highest BCUT2D eigenvalue weighted by atomic mass is 79.9. The zero-order valence-electron chi connectivity index (χ0n) is 21.1. The van der Waals surface area contributed by atoms with Crippen molar-refractivity contribution in [1.82, 2.24) is 15.3 Å². The van der Waals surface area contributed by atoms with Gasteiger partial charge in [0.2, 0.25) is 0 Å². The van der Waals surface area contributed by atoms with Gasteiger partial charge in [-0.15, -0.1) is 0 Å². The Morgan fingerprint density at radius 3 is 2.67 bits per heavy atom. The van der Waals surface area contributed by atoms with Gasteiger partial charge in [-0.25, -0.2) is 9.78 Å². The van der Waals surface area contributed by atoms with E-state index >= 15 is 0 Å². The maximum atomic E-state index is 12.6. The minimum atomic E-state index is -0.527. The van der Waals surface area contributed by atoms with Crippen molar-refractivity contribution in [3.63, 3.8) is 0 Å². The summed E-state index contributed by atoms with van der Waals surface area (Å²) in [6, 6.07) is 9.73. The molecule has 2 N–H and O–H groups in total. The molecule has 2 aromatic heterocycles. The minimum absolute atomic E-state index is 0.00236. The molecule has 9 heteroatoms. The van der Waals surface area contributed by atoms with Crippen LogP contribution < -0.4 is 15.5 Å². The van der Waals surface area contributed by atoms with Crippen LogP contribution in [0.1, 0.15) is 57.3 Å². The van der Waals surface area contributed by atoms with Gasteiger partial charge in [-0.1, -0.05) is 22.9 Å². The topological polar surface area (TPSA) is 96.5 Å². The van der Waals surface area contributed by atoms with E-state index in [1.165, 1.54) is 0 Å². The van der Waals surface area contributed by atoms with E-state index in [1.54, 1.807) is 12.4 Å². The SMILES string of the molecule is CCC(=O)c1cnc2ccc(Br)cc2c1Nc1ccc(N2CCCC(NC(=O)OC(C)(C)C)C2)nc1. The number of pyridine rings is 2. The van der Waals surface area contributed by atoms with Crippen LogP contribution >= 0.6 is 15.9 Å². The standard InChI is InChI=1S/C27H32BrN5O3/c1-5-23(34)21-15-29-22-10-8-17(28)13-20(22)25(21)31-18-9-11-24(30-14-18)33-12-6-7-19(16-33)32-26(35)36-27(2,3)4/h8-11,13-15,19H,5-7,12,16H2,1-4H3,(H,29,31)(H,32,35). The van der Waals surface area contributed by atoms with Crippen LogP contribution in [0.4, 0.5) is 22.0 Å². The molecule has 1 aromatic carbocycles. The Bertz CT molecular complexity index is 1260. The van der Waals surface area contributed by atoms with Crippen molar-refractivity contribution in [3.05, 3.63) is 52.8 Å². The zero-order valence-corrected chi connectivity index (χ0v) is 22.7. The number of amides is 1. The summed E-state index contributed by atoms with van der Waals surface area (Å²) in [7, 11) is 0. The number of anilines is 3. The van der Waals surface area contributed by atoms with Gasteiger partial charge in [0, 0.05) is 41.6 Å². The molecule has 190 valence electrons. The number of carbonyl (C=O) groups is 2. The quantitative estimate of drug-likeness (QED) is 0.349. The van der Waals surface area contributed by atoms with Crippen molar-refractivity contribution in [2.75, 3.05) is 23.3 Å². The number of Topliss-reactive ketones (excluding diaryl/α,β-unsaturated/α-hetero) is 1. The largest absolute Gasteiger partial charge is 0.444 e. The van der Waals surface area contributed by atoms with Crippen LogP contribution in [0.5, 0.6) is 0 Å². The number of halogens is 1. The molecule has 3 aromatic rings. The molecule has 4 rings (SSSR count). The molecule has 0 radical (unpaired) electrons. The van der Waals surface area contributed by atoms with Crippen molar-refractivity contribution < 1.29 is 14.3 Å². The fourth-order valence-electron chi connectivity index (χ4n) is 4.27. The average Bonchev–Trinajstić information content (AvgIpc) is 2.83. The zero-order chi connectivity index (χ0) is 25.9. The molecule has 3 heterocycles. The van der Waals surface area contributed by atoms with Gasteiger partial charge < -0.3 is 20.3 Å². The molecule has 1 amide bonds. The van der Waals surface area contributed by atoms with Crippen LogP contribution in [0, 0.1) is 0 Å². The lowest BCUT2D eigenvalue weighted by atomic mass is 10.0. The summed E-state index contributed by atoms with van der Waals surface area (Å²) in [6.45, 7) is 8.94. The maximum Gasteiger partial charge on any atom is 0.407 e. The monoisotopic (exact) mass is 553 g/mol. The van der Waals surface area contributed by atoms with Gasteiger partial charge in [0.15, 0.2) is 5.78 Å². The fraction of sp³-hybridized carbons (Fsp3) is 0.407. The van der Waals surface area contributed by atoms with Gasteiger partial charge >= 0.3 is 6.09 Å². The summed E-state index contributed by atoms with van der Waals surface area (Å²) < 4.78 is 6.31. The third kappa shape index (κ3) is 6.32. The normalized spacial score (nSPS) is 16.0. The summed E-state index contributed by atoms with van der Waals surface area (Å²) in [5.41, 5.74) is 2.33. The highest BCUT2D eigenvalue weighted by Gasteiger charge is 2.25. The Hall–Kier alpha value is -3.20. The van der Waals surface area contributed by atoms with Crippen molar-refractivity contribution in [3.8, 4) is 0 Å². The number of benzene rings is 1. The van der Waals surface area contributed by atoms with Crippen LogP contribution in [-0.2, 0) is 4.74 Å².